The summed E-state index contributed by atoms with van der Waals surface area (Å²) in [5, 5.41) is 26.5. The van der Waals surface area contributed by atoms with E-state index in [1.165, 1.54) is 17.1 Å². The first-order valence-corrected chi connectivity index (χ1v) is 7.54. The lowest BCUT2D eigenvalue weighted by molar-refractivity contribution is 0.0697. The average molecular weight is 336 g/mol. The van der Waals surface area contributed by atoms with Gasteiger partial charge in [-0.15, -0.1) is 0 Å². The van der Waals surface area contributed by atoms with Gasteiger partial charge in [-0.3, -0.25) is 0 Å². The second kappa shape index (κ2) is 5.87. The van der Waals surface area contributed by atoms with Crippen molar-refractivity contribution in [2.45, 2.75) is 26.3 Å². The van der Waals surface area contributed by atoms with E-state index >= 15 is 0 Å². The van der Waals surface area contributed by atoms with Crippen molar-refractivity contribution >= 4 is 22.7 Å². The summed E-state index contributed by atoms with van der Waals surface area (Å²) in [6.07, 6.45) is 4.34. The molecule has 2 N–H and O–H groups in total. The molecule has 0 atom stereocenters. The van der Waals surface area contributed by atoms with Crippen LogP contribution in [0.4, 0.5) is 5.69 Å². The van der Waals surface area contributed by atoms with E-state index in [0.29, 0.717) is 28.1 Å². The maximum atomic E-state index is 11.4. The summed E-state index contributed by atoms with van der Waals surface area (Å²) in [5.41, 5.74) is 1.18. The number of carbonyl (C=O) groups is 1. The van der Waals surface area contributed by atoms with E-state index in [4.69, 9.17) is 5.26 Å². The van der Waals surface area contributed by atoms with Crippen molar-refractivity contribution in [3.8, 4) is 11.9 Å². The van der Waals surface area contributed by atoms with Crippen LogP contribution in [0.15, 0.2) is 30.7 Å². The molecule has 0 aliphatic heterocycles. The number of nitrogens with one attached hydrogen (secondary N) is 1. The standard InChI is InChI=1S/C17H16N6O2/c1-17(2,3)22-13-5-14(19-9-12(13)16(24)25)23-15-11(8-21-23)4-10(6-18)7-20-15/h4-5,7-9H,1-3H3,(H,19,22)(H,24,25). The Morgan fingerprint density at radius 2 is 2.00 bits per heavy atom. The molecule has 0 radical (unpaired) electrons. The Morgan fingerprint density at radius 1 is 1.24 bits per heavy atom. The fourth-order valence-electron chi connectivity index (χ4n) is 2.39. The van der Waals surface area contributed by atoms with Gasteiger partial charge in [-0.1, -0.05) is 0 Å². The highest BCUT2D eigenvalue weighted by molar-refractivity contribution is 5.94. The SMILES string of the molecule is CC(C)(C)Nc1cc(-n2ncc3cc(C#N)cnc32)ncc1C(=O)O. The number of nitrogens with zero attached hydrogens (tertiary/aromatic N) is 5. The van der Waals surface area contributed by atoms with Crippen LogP contribution in [-0.4, -0.2) is 36.4 Å². The molecule has 3 rings (SSSR count). The molecule has 8 nitrogen and oxygen atoms in total. The second-order valence-corrected chi connectivity index (χ2v) is 6.57. The van der Waals surface area contributed by atoms with Crippen LogP contribution in [0, 0.1) is 11.3 Å². The molecular weight excluding hydrogens is 320 g/mol. The van der Waals surface area contributed by atoms with Gasteiger partial charge in [0, 0.05) is 29.4 Å². The van der Waals surface area contributed by atoms with Gasteiger partial charge in [0.2, 0.25) is 0 Å². The molecule has 0 aliphatic rings. The maximum Gasteiger partial charge on any atom is 0.339 e. The largest absolute Gasteiger partial charge is 0.478 e. The van der Waals surface area contributed by atoms with Gasteiger partial charge in [-0.2, -0.15) is 15.0 Å². The minimum atomic E-state index is -1.06. The Hall–Kier alpha value is -3.47. The van der Waals surface area contributed by atoms with Crippen LogP contribution >= 0.6 is 0 Å². The van der Waals surface area contributed by atoms with Gasteiger partial charge in [-0.05, 0) is 26.8 Å². The van der Waals surface area contributed by atoms with Crippen molar-refractivity contribution in [2.75, 3.05) is 5.32 Å². The van der Waals surface area contributed by atoms with Crippen molar-refractivity contribution in [3.63, 3.8) is 0 Å². The van der Waals surface area contributed by atoms with Crippen molar-refractivity contribution < 1.29 is 9.90 Å². The second-order valence-electron chi connectivity index (χ2n) is 6.57. The van der Waals surface area contributed by atoms with Gasteiger partial charge in [-0.25, -0.2) is 14.8 Å². The number of hydrogen-bond donors (Lipinski definition) is 2. The lowest BCUT2D eigenvalue weighted by Crippen LogP contribution is -2.27. The fourth-order valence-corrected chi connectivity index (χ4v) is 2.39. The van der Waals surface area contributed by atoms with E-state index < -0.39 is 5.97 Å². The molecule has 0 spiro atoms. The molecule has 8 heteroatoms. The van der Waals surface area contributed by atoms with Crippen molar-refractivity contribution in [1.29, 1.82) is 5.26 Å². The van der Waals surface area contributed by atoms with Gasteiger partial charge in [0.05, 0.1) is 17.4 Å². The molecule has 0 saturated carbocycles. The molecular formula is C17H16N6O2. The van der Waals surface area contributed by atoms with E-state index in [1.807, 2.05) is 26.8 Å². The lowest BCUT2D eigenvalue weighted by atomic mass is 10.1. The van der Waals surface area contributed by atoms with Crippen LogP contribution in [0.2, 0.25) is 0 Å². The van der Waals surface area contributed by atoms with Crippen molar-refractivity contribution in [3.05, 3.63) is 41.9 Å². The van der Waals surface area contributed by atoms with Crippen LogP contribution in [-0.2, 0) is 0 Å². The smallest absolute Gasteiger partial charge is 0.339 e. The Labute approximate surface area is 143 Å². The molecule has 3 heterocycles. The van der Waals surface area contributed by atoms with Crippen LogP contribution in [0.1, 0.15) is 36.7 Å². The number of carboxylic acids is 1. The first kappa shape index (κ1) is 16.4. The molecule has 0 fully saturated rings. The first-order valence-electron chi connectivity index (χ1n) is 7.54. The Balaban J connectivity index is 2.13. The number of hydrogen-bond acceptors (Lipinski definition) is 6. The van der Waals surface area contributed by atoms with Crippen LogP contribution < -0.4 is 5.32 Å². The van der Waals surface area contributed by atoms with Gasteiger partial charge in [0.1, 0.15) is 11.6 Å². The summed E-state index contributed by atoms with van der Waals surface area (Å²) < 4.78 is 1.51. The van der Waals surface area contributed by atoms with Gasteiger partial charge < -0.3 is 10.4 Å². The summed E-state index contributed by atoms with van der Waals surface area (Å²) in [6.45, 7) is 5.81. The summed E-state index contributed by atoms with van der Waals surface area (Å²) in [4.78, 5) is 19.9. The third-order valence-corrected chi connectivity index (χ3v) is 3.38. The average Bonchev–Trinajstić information content (AvgIpc) is 2.95. The quantitative estimate of drug-likeness (QED) is 0.755. The summed E-state index contributed by atoms with van der Waals surface area (Å²) >= 11 is 0. The predicted molar refractivity (Wildman–Crippen MR) is 91.7 cm³/mol. The fraction of sp³-hybridized carbons (Fsp3) is 0.235. The van der Waals surface area contributed by atoms with Crippen LogP contribution in [0.5, 0.6) is 0 Å². The van der Waals surface area contributed by atoms with Gasteiger partial charge >= 0.3 is 5.97 Å². The molecule has 25 heavy (non-hydrogen) atoms. The third kappa shape index (κ3) is 3.26. The summed E-state index contributed by atoms with van der Waals surface area (Å²) in [5.74, 6) is -0.628. The number of aromatic carboxylic acids is 1. The van der Waals surface area contributed by atoms with E-state index in [-0.39, 0.29) is 11.1 Å². The summed E-state index contributed by atoms with van der Waals surface area (Å²) in [7, 11) is 0. The molecule has 0 aromatic carbocycles. The number of aromatic nitrogens is 4. The molecule has 3 aromatic rings. The maximum absolute atomic E-state index is 11.4. The number of carboxylic acid groups (broad SMARTS) is 1. The molecule has 0 unspecified atom stereocenters. The predicted octanol–water partition coefficient (Wildman–Crippen LogP) is 2.60. The van der Waals surface area contributed by atoms with Crippen molar-refractivity contribution in [1.82, 2.24) is 19.7 Å². The van der Waals surface area contributed by atoms with Gasteiger partial charge in [0.25, 0.3) is 0 Å². The van der Waals surface area contributed by atoms with E-state index in [0.717, 1.165) is 0 Å². The number of anilines is 1. The minimum absolute atomic E-state index is 0.0786. The molecule has 3 aromatic heterocycles. The molecule has 0 saturated heterocycles. The number of nitriles is 1. The normalized spacial score (nSPS) is 11.3. The third-order valence-electron chi connectivity index (χ3n) is 3.38. The number of fused-ring (bicyclic) bond motifs is 1. The zero-order chi connectivity index (χ0) is 18.2. The zero-order valence-electron chi connectivity index (χ0n) is 14.0. The van der Waals surface area contributed by atoms with Crippen LogP contribution in [0.25, 0.3) is 16.9 Å². The molecule has 0 aliphatic carbocycles. The van der Waals surface area contributed by atoms with E-state index in [9.17, 15) is 9.90 Å². The minimum Gasteiger partial charge on any atom is -0.478 e. The number of pyridine rings is 2. The number of rotatable bonds is 3. The highest BCUT2D eigenvalue weighted by atomic mass is 16.4. The molecule has 0 bridgehead atoms. The highest BCUT2D eigenvalue weighted by Crippen LogP contribution is 2.24. The van der Waals surface area contributed by atoms with Crippen molar-refractivity contribution in [2.24, 2.45) is 0 Å². The van der Waals surface area contributed by atoms with Gasteiger partial charge in [0.15, 0.2) is 11.5 Å². The summed E-state index contributed by atoms with van der Waals surface area (Å²) in [6, 6.07) is 5.34. The Morgan fingerprint density at radius 3 is 2.64 bits per heavy atom. The zero-order valence-corrected chi connectivity index (χ0v) is 14.0. The topological polar surface area (TPSA) is 117 Å². The van der Waals surface area contributed by atoms with E-state index in [1.54, 1.807) is 18.3 Å². The first-order chi connectivity index (χ1) is 11.8. The lowest BCUT2D eigenvalue weighted by Gasteiger charge is -2.23. The van der Waals surface area contributed by atoms with Crippen LogP contribution in [0.3, 0.4) is 0 Å². The molecule has 126 valence electrons. The molecule has 0 amide bonds. The van der Waals surface area contributed by atoms with E-state index in [2.05, 4.69) is 20.4 Å². The highest BCUT2D eigenvalue weighted by Gasteiger charge is 2.18. The monoisotopic (exact) mass is 336 g/mol. The Kier molecular flexibility index (Phi) is 3.85. The Bertz CT molecular complexity index is 1010.